The molecule has 0 aliphatic rings. The number of para-hydroxylation sites is 1. The van der Waals surface area contributed by atoms with E-state index in [1.807, 2.05) is 12.1 Å². The molecule has 5 heteroatoms. The summed E-state index contributed by atoms with van der Waals surface area (Å²) in [6.45, 7) is 0.939. The SMILES string of the molecule is NC(=O)c1ccccc1OCCCOc1cccc(N)c1. The third-order valence-corrected chi connectivity index (χ3v) is 2.83. The maximum absolute atomic E-state index is 11.2. The Bertz CT molecular complexity index is 614. The molecule has 2 aromatic carbocycles. The summed E-state index contributed by atoms with van der Waals surface area (Å²) in [5, 5.41) is 0. The largest absolute Gasteiger partial charge is 0.493 e. The zero-order valence-corrected chi connectivity index (χ0v) is 11.6. The van der Waals surface area contributed by atoms with Gasteiger partial charge in [0.25, 0.3) is 5.91 Å². The first-order valence-corrected chi connectivity index (χ1v) is 6.67. The highest BCUT2D eigenvalue weighted by Crippen LogP contribution is 2.18. The van der Waals surface area contributed by atoms with Gasteiger partial charge in [0.05, 0.1) is 18.8 Å². The number of benzene rings is 2. The number of hydrogen-bond acceptors (Lipinski definition) is 4. The lowest BCUT2D eigenvalue weighted by Crippen LogP contribution is -2.13. The number of carbonyl (C=O) groups excluding carboxylic acids is 1. The Morgan fingerprint density at radius 2 is 1.76 bits per heavy atom. The molecule has 0 atom stereocenters. The van der Waals surface area contributed by atoms with E-state index in [0.29, 0.717) is 36.6 Å². The molecular formula is C16H18N2O3. The number of nitrogens with two attached hydrogens (primary N) is 2. The monoisotopic (exact) mass is 286 g/mol. The number of carbonyl (C=O) groups is 1. The zero-order chi connectivity index (χ0) is 15.1. The van der Waals surface area contributed by atoms with Gasteiger partial charge in [0.2, 0.25) is 0 Å². The first-order valence-electron chi connectivity index (χ1n) is 6.67. The Morgan fingerprint density at radius 1 is 1.00 bits per heavy atom. The summed E-state index contributed by atoms with van der Waals surface area (Å²) in [6, 6.07) is 14.2. The van der Waals surface area contributed by atoms with Crippen LogP contribution in [-0.4, -0.2) is 19.1 Å². The van der Waals surface area contributed by atoms with Crippen LogP contribution in [0.5, 0.6) is 11.5 Å². The second kappa shape index (κ2) is 7.19. The predicted octanol–water partition coefficient (Wildman–Crippen LogP) is 2.22. The van der Waals surface area contributed by atoms with Crippen LogP contribution in [0.25, 0.3) is 0 Å². The fourth-order valence-electron chi connectivity index (χ4n) is 1.83. The van der Waals surface area contributed by atoms with Crippen molar-refractivity contribution in [2.45, 2.75) is 6.42 Å². The highest BCUT2D eigenvalue weighted by molar-refractivity contribution is 5.95. The maximum atomic E-state index is 11.2. The first-order chi connectivity index (χ1) is 10.2. The summed E-state index contributed by atoms with van der Waals surface area (Å²) >= 11 is 0. The molecule has 0 aliphatic carbocycles. The molecule has 0 saturated carbocycles. The van der Waals surface area contributed by atoms with Crippen LogP contribution < -0.4 is 20.9 Å². The van der Waals surface area contributed by atoms with Crippen LogP contribution in [0.3, 0.4) is 0 Å². The summed E-state index contributed by atoms with van der Waals surface area (Å²) in [7, 11) is 0. The van der Waals surface area contributed by atoms with Gasteiger partial charge in [-0.2, -0.15) is 0 Å². The van der Waals surface area contributed by atoms with Crippen molar-refractivity contribution in [2.24, 2.45) is 5.73 Å². The van der Waals surface area contributed by atoms with Crippen molar-refractivity contribution >= 4 is 11.6 Å². The van der Waals surface area contributed by atoms with E-state index in [-0.39, 0.29) is 0 Å². The van der Waals surface area contributed by atoms with Crippen molar-refractivity contribution in [3.63, 3.8) is 0 Å². The number of anilines is 1. The molecule has 5 nitrogen and oxygen atoms in total. The Hall–Kier alpha value is -2.69. The summed E-state index contributed by atoms with van der Waals surface area (Å²) in [6.07, 6.45) is 0.682. The van der Waals surface area contributed by atoms with Crippen LogP contribution in [-0.2, 0) is 0 Å². The minimum absolute atomic E-state index is 0.384. The average molecular weight is 286 g/mol. The van der Waals surface area contributed by atoms with Crippen molar-refractivity contribution in [3.8, 4) is 11.5 Å². The van der Waals surface area contributed by atoms with E-state index in [1.165, 1.54) is 0 Å². The number of hydrogen-bond donors (Lipinski definition) is 2. The Balaban J connectivity index is 1.76. The van der Waals surface area contributed by atoms with Crippen molar-refractivity contribution < 1.29 is 14.3 Å². The highest BCUT2D eigenvalue weighted by atomic mass is 16.5. The molecule has 2 aromatic rings. The molecule has 0 aromatic heterocycles. The van der Waals surface area contributed by atoms with Crippen LogP contribution in [0.1, 0.15) is 16.8 Å². The van der Waals surface area contributed by atoms with Gasteiger partial charge < -0.3 is 20.9 Å². The third-order valence-electron chi connectivity index (χ3n) is 2.83. The fourth-order valence-corrected chi connectivity index (χ4v) is 1.83. The zero-order valence-electron chi connectivity index (χ0n) is 11.6. The van der Waals surface area contributed by atoms with E-state index in [9.17, 15) is 4.79 Å². The molecule has 1 amide bonds. The number of nitrogen functional groups attached to an aromatic ring is 1. The van der Waals surface area contributed by atoms with Crippen molar-refractivity contribution in [2.75, 3.05) is 18.9 Å². The van der Waals surface area contributed by atoms with Gasteiger partial charge in [0.15, 0.2) is 0 Å². The second-order valence-electron chi connectivity index (χ2n) is 4.48. The second-order valence-corrected chi connectivity index (χ2v) is 4.48. The summed E-state index contributed by atoms with van der Waals surface area (Å²) in [4.78, 5) is 11.2. The molecule has 0 radical (unpaired) electrons. The van der Waals surface area contributed by atoms with Crippen LogP contribution in [0.15, 0.2) is 48.5 Å². The molecular weight excluding hydrogens is 268 g/mol. The molecule has 0 heterocycles. The lowest BCUT2D eigenvalue weighted by Gasteiger charge is -2.10. The van der Waals surface area contributed by atoms with Gasteiger partial charge in [0.1, 0.15) is 11.5 Å². The van der Waals surface area contributed by atoms with Crippen LogP contribution in [0, 0.1) is 0 Å². The van der Waals surface area contributed by atoms with Gasteiger partial charge in [-0.25, -0.2) is 0 Å². The maximum Gasteiger partial charge on any atom is 0.252 e. The summed E-state index contributed by atoms with van der Waals surface area (Å²) < 4.78 is 11.1. The van der Waals surface area contributed by atoms with Crippen LogP contribution in [0.2, 0.25) is 0 Å². The van der Waals surface area contributed by atoms with E-state index in [1.54, 1.807) is 36.4 Å². The van der Waals surface area contributed by atoms with E-state index in [2.05, 4.69) is 0 Å². The van der Waals surface area contributed by atoms with E-state index < -0.39 is 5.91 Å². The van der Waals surface area contributed by atoms with E-state index >= 15 is 0 Å². The normalized spacial score (nSPS) is 10.1. The molecule has 0 spiro atoms. The topological polar surface area (TPSA) is 87.6 Å². The quantitative estimate of drug-likeness (QED) is 0.603. The van der Waals surface area contributed by atoms with Gasteiger partial charge >= 0.3 is 0 Å². The lowest BCUT2D eigenvalue weighted by molar-refractivity contribution is 0.0996. The summed E-state index contributed by atoms with van der Waals surface area (Å²) in [5.41, 5.74) is 12.0. The molecule has 0 bridgehead atoms. The van der Waals surface area contributed by atoms with Gasteiger partial charge in [-0.15, -0.1) is 0 Å². The average Bonchev–Trinajstić information content (AvgIpc) is 2.47. The predicted molar refractivity (Wildman–Crippen MR) is 81.4 cm³/mol. The number of amides is 1. The highest BCUT2D eigenvalue weighted by Gasteiger charge is 2.07. The molecule has 0 unspecified atom stereocenters. The molecule has 21 heavy (non-hydrogen) atoms. The van der Waals surface area contributed by atoms with Crippen molar-refractivity contribution in [1.29, 1.82) is 0 Å². The molecule has 0 fully saturated rings. The summed E-state index contributed by atoms with van der Waals surface area (Å²) in [5.74, 6) is 0.725. The minimum Gasteiger partial charge on any atom is -0.493 e. The van der Waals surface area contributed by atoms with Gasteiger partial charge in [-0.3, -0.25) is 4.79 Å². The Labute approximate surface area is 123 Å². The van der Waals surface area contributed by atoms with Crippen LogP contribution >= 0.6 is 0 Å². The third kappa shape index (κ3) is 4.42. The first kappa shape index (κ1) is 14.7. The Morgan fingerprint density at radius 3 is 2.52 bits per heavy atom. The molecule has 2 rings (SSSR count). The number of ether oxygens (including phenoxy) is 2. The van der Waals surface area contributed by atoms with Gasteiger partial charge in [0, 0.05) is 18.2 Å². The standard InChI is InChI=1S/C16H18N2O3/c17-12-5-3-6-13(11-12)20-9-4-10-21-15-8-2-1-7-14(15)16(18)19/h1-3,5-8,11H,4,9-10,17H2,(H2,18,19). The van der Waals surface area contributed by atoms with Crippen molar-refractivity contribution in [3.05, 3.63) is 54.1 Å². The van der Waals surface area contributed by atoms with Crippen molar-refractivity contribution in [1.82, 2.24) is 0 Å². The van der Waals surface area contributed by atoms with E-state index in [0.717, 1.165) is 5.75 Å². The molecule has 0 aliphatic heterocycles. The lowest BCUT2D eigenvalue weighted by atomic mass is 10.2. The number of primary amides is 1. The minimum atomic E-state index is -0.499. The van der Waals surface area contributed by atoms with Gasteiger partial charge in [-0.1, -0.05) is 18.2 Å². The molecule has 4 N–H and O–H groups in total. The fraction of sp³-hybridized carbons (Fsp3) is 0.188. The smallest absolute Gasteiger partial charge is 0.252 e. The molecule has 0 saturated heterocycles. The van der Waals surface area contributed by atoms with Crippen LogP contribution in [0.4, 0.5) is 5.69 Å². The van der Waals surface area contributed by atoms with E-state index in [4.69, 9.17) is 20.9 Å². The molecule has 110 valence electrons. The Kier molecular flexibility index (Phi) is 5.04. The number of rotatable bonds is 7. The van der Waals surface area contributed by atoms with Gasteiger partial charge in [-0.05, 0) is 24.3 Å².